The van der Waals surface area contributed by atoms with E-state index in [0.717, 1.165) is 27.9 Å². The molecule has 32 heavy (non-hydrogen) atoms. The molecule has 6 nitrogen and oxygen atoms in total. The van der Waals surface area contributed by atoms with E-state index in [2.05, 4.69) is 15.4 Å². The molecule has 0 bridgehead atoms. The third-order valence-corrected chi connectivity index (χ3v) is 5.68. The molecule has 0 saturated carbocycles. The lowest BCUT2D eigenvalue weighted by atomic mass is 10.1. The van der Waals surface area contributed by atoms with Crippen LogP contribution in [0.15, 0.2) is 53.3 Å². The number of fused-ring (bicyclic) bond motifs is 1. The Labute approximate surface area is 184 Å². The third kappa shape index (κ3) is 4.40. The second kappa shape index (κ2) is 8.19. The number of thiazole rings is 1. The van der Waals surface area contributed by atoms with E-state index in [4.69, 9.17) is 0 Å². The number of amides is 1. The summed E-state index contributed by atoms with van der Waals surface area (Å²) in [6.07, 6.45) is -4.53. The van der Waals surface area contributed by atoms with E-state index in [-0.39, 0.29) is 11.2 Å². The minimum atomic E-state index is -4.53. The van der Waals surface area contributed by atoms with Gasteiger partial charge < -0.3 is 5.32 Å². The summed E-state index contributed by atoms with van der Waals surface area (Å²) in [4.78, 5) is 29.7. The highest BCUT2D eigenvalue weighted by atomic mass is 32.1. The molecule has 0 saturated heterocycles. The highest BCUT2D eigenvalue weighted by Crippen LogP contribution is 2.31. The summed E-state index contributed by atoms with van der Waals surface area (Å²) in [7, 11) is 0. The van der Waals surface area contributed by atoms with Crippen LogP contribution in [0.1, 0.15) is 16.1 Å². The quantitative estimate of drug-likeness (QED) is 0.477. The van der Waals surface area contributed by atoms with Gasteiger partial charge in [0.25, 0.3) is 5.56 Å². The Balaban J connectivity index is 1.69. The van der Waals surface area contributed by atoms with Gasteiger partial charge in [-0.05, 0) is 32.0 Å². The van der Waals surface area contributed by atoms with Crippen molar-refractivity contribution < 1.29 is 18.0 Å². The lowest BCUT2D eigenvalue weighted by Crippen LogP contribution is -2.30. The minimum absolute atomic E-state index is 0.0257. The van der Waals surface area contributed by atoms with Crippen LogP contribution in [0.2, 0.25) is 0 Å². The van der Waals surface area contributed by atoms with Gasteiger partial charge in [-0.1, -0.05) is 35.9 Å². The van der Waals surface area contributed by atoms with E-state index < -0.39 is 29.8 Å². The molecule has 0 aliphatic heterocycles. The summed E-state index contributed by atoms with van der Waals surface area (Å²) in [6, 6.07) is 11.8. The lowest BCUT2D eigenvalue weighted by Gasteiger charge is -2.11. The average molecular weight is 458 g/mol. The standard InChI is InChI=1S/C22H17F3N4O2S/c1-12-6-8-14(9-7-12)18-20-19(26-13(2)32-20)21(31)29(28-18)11-17(30)27-16-5-3-4-15(10-16)22(23,24)25/h3-10H,11H2,1-2H3,(H,27,30). The predicted molar refractivity (Wildman–Crippen MR) is 117 cm³/mol. The number of aryl methyl sites for hydroxylation is 2. The summed E-state index contributed by atoms with van der Waals surface area (Å²) in [6.45, 7) is 3.25. The number of hydrogen-bond donors (Lipinski definition) is 1. The van der Waals surface area contributed by atoms with Crippen LogP contribution in [-0.2, 0) is 17.5 Å². The number of carbonyl (C=O) groups excluding carboxylic acids is 1. The molecule has 2 aromatic carbocycles. The molecule has 4 rings (SSSR count). The van der Waals surface area contributed by atoms with Crippen LogP contribution in [0.5, 0.6) is 0 Å². The molecule has 0 aliphatic carbocycles. The summed E-state index contributed by atoms with van der Waals surface area (Å²) in [5.74, 6) is -0.680. The highest BCUT2D eigenvalue weighted by Gasteiger charge is 2.30. The van der Waals surface area contributed by atoms with Crippen LogP contribution in [0.25, 0.3) is 21.5 Å². The van der Waals surface area contributed by atoms with Gasteiger partial charge in [-0.15, -0.1) is 11.3 Å². The molecule has 0 fully saturated rings. The van der Waals surface area contributed by atoms with Gasteiger partial charge in [0.15, 0.2) is 5.52 Å². The number of alkyl halides is 3. The average Bonchev–Trinajstić information content (AvgIpc) is 3.12. The van der Waals surface area contributed by atoms with Crippen LogP contribution >= 0.6 is 11.3 Å². The normalized spacial score (nSPS) is 11.7. The van der Waals surface area contributed by atoms with Crippen LogP contribution < -0.4 is 10.9 Å². The zero-order valence-corrected chi connectivity index (χ0v) is 17.8. The minimum Gasteiger partial charge on any atom is -0.324 e. The number of aromatic nitrogens is 3. The smallest absolute Gasteiger partial charge is 0.324 e. The number of nitrogens with one attached hydrogen (secondary N) is 1. The van der Waals surface area contributed by atoms with Crippen molar-refractivity contribution in [1.82, 2.24) is 14.8 Å². The molecule has 2 heterocycles. The number of benzene rings is 2. The largest absolute Gasteiger partial charge is 0.416 e. The van der Waals surface area contributed by atoms with Gasteiger partial charge in [0.05, 0.1) is 15.3 Å². The first-order valence-corrected chi connectivity index (χ1v) is 10.4. The van der Waals surface area contributed by atoms with E-state index in [1.54, 1.807) is 6.92 Å². The first-order chi connectivity index (χ1) is 15.1. The van der Waals surface area contributed by atoms with E-state index >= 15 is 0 Å². The van der Waals surface area contributed by atoms with Crippen molar-refractivity contribution >= 4 is 33.1 Å². The maximum absolute atomic E-state index is 12.9. The lowest BCUT2D eigenvalue weighted by molar-refractivity contribution is -0.137. The summed E-state index contributed by atoms with van der Waals surface area (Å²) in [5.41, 5.74) is 1.07. The van der Waals surface area contributed by atoms with Gasteiger partial charge in [-0.3, -0.25) is 9.59 Å². The Morgan fingerprint density at radius 3 is 2.53 bits per heavy atom. The number of nitrogens with zero attached hydrogens (tertiary/aromatic N) is 3. The van der Waals surface area contributed by atoms with E-state index in [9.17, 15) is 22.8 Å². The molecule has 1 amide bonds. The zero-order chi connectivity index (χ0) is 23.0. The topological polar surface area (TPSA) is 76.9 Å². The molecule has 1 N–H and O–H groups in total. The van der Waals surface area contributed by atoms with Gasteiger partial charge in [-0.25, -0.2) is 9.67 Å². The van der Waals surface area contributed by atoms with Gasteiger partial charge >= 0.3 is 6.18 Å². The van der Waals surface area contributed by atoms with Crippen LogP contribution in [0, 0.1) is 13.8 Å². The zero-order valence-electron chi connectivity index (χ0n) is 17.0. The fourth-order valence-corrected chi connectivity index (χ4v) is 4.10. The Morgan fingerprint density at radius 1 is 1.12 bits per heavy atom. The molecule has 164 valence electrons. The van der Waals surface area contributed by atoms with Crippen molar-refractivity contribution in [2.24, 2.45) is 0 Å². The summed E-state index contributed by atoms with van der Waals surface area (Å²) < 4.78 is 40.3. The Hall–Kier alpha value is -3.53. The monoisotopic (exact) mass is 458 g/mol. The maximum Gasteiger partial charge on any atom is 0.416 e. The fourth-order valence-electron chi connectivity index (χ4n) is 3.18. The molecule has 0 spiro atoms. The van der Waals surface area contributed by atoms with E-state index in [0.29, 0.717) is 15.4 Å². The molecular weight excluding hydrogens is 441 g/mol. The Bertz CT molecular complexity index is 1370. The molecule has 0 atom stereocenters. The molecule has 0 aliphatic rings. The highest BCUT2D eigenvalue weighted by molar-refractivity contribution is 7.19. The van der Waals surface area contributed by atoms with Crippen LogP contribution in [0.3, 0.4) is 0 Å². The van der Waals surface area contributed by atoms with Gasteiger partial charge in [-0.2, -0.15) is 18.3 Å². The summed E-state index contributed by atoms with van der Waals surface area (Å²) in [5, 5.41) is 7.46. The molecular formula is C22H17F3N4O2S. The molecule has 2 aromatic heterocycles. The predicted octanol–water partition coefficient (Wildman–Crippen LogP) is 4.79. The van der Waals surface area contributed by atoms with Crippen molar-refractivity contribution in [1.29, 1.82) is 0 Å². The van der Waals surface area contributed by atoms with Crippen molar-refractivity contribution in [2.45, 2.75) is 26.6 Å². The van der Waals surface area contributed by atoms with Gasteiger partial charge in [0, 0.05) is 11.3 Å². The first-order valence-electron chi connectivity index (χ1n) is 9.54. The van der Waals surface area contributed by atoms with Gasteiger partial charge in [0.2, 0.25) is 5.91 Å². The van der Waals surface area contributed by atoms with Crippen molar-refractivity contribution in [3.63, 3.8) is 0 Å². The van der Waals surface area contributed by atoms with Gasteiger partial charge in [0.1, 0.15) is 12.2 Å². The van der Waals surface area contributed by atoms with E-state index in [1.807, 2.05) is 31.2 Å². The Morgan fingerprint density at radius 2 is 1.84 bits per heavy atom. The number of rotatable bonds is 4. The summed E-state index contributed by atoms with van der Waals surface area (Å²) >= 11 is 1.33. The molecule has 10 heteroatoms. The van der Waals surface area contributed by atoms with Crippen molar-refractivity contribution in [3.05, 3.63) is 75.0 Å². The number of halogens is 3. The number of anilines is 1. The second-order valence-corrected chi connectivity index (χ2v) is 8.42. The molecule has 0 unspecified atom stereocenters. The second-order valence-electron chi connectivity index (χ2n) is 7.21. The first kappa shape index (κ1) is 21.7. The van der Waals surface area contributed by atoms with Crippen LogP contribution in [-0.4, -0.2) is 20.7 Å². The third-order valence-electron chi connectivity index (χ3n) is 4.70. The number of carbonyl (C=O) groups is 1. The SMILES string of the molecule is Cc1ccc(-c2nn(CC(=O)Nc3cccc(C(F)(F)F)c3)c(=O)c3nc(C)sc23)cc1. The van der Waals surface area contributed by atoms with Crippen molar-refractivity contribution in [3.8, 4) is 11.3 Å². The fraction of sp³-hybridized carbons (Fsp3) is 0.182. The van der Waals surface area contributed by atoms with E-state index in [1.165, 1.54) is 23.5 Å². The maximum atomic E-state index is 12.9. The number of hydrogen-bond acceptors (Lipinski definition) is 5. The van der Waals surface area contributed by atoms with Crippen molar-refractivity contribution in [2.75, 3.05) is 5.32 Å². The Kier molecular flexibility index (Phi) is 5.55. The van der Waals surface area contributed by atoms with Crippen LogP contribution in [0.4, 0.5) is 18.9 Å². The molecule has 0 radical (unpaired) electrons. The molecule has 4 aromatic rings.